The number of nitrogens with one attached hydrogen (secondary N) is 1. The largest absolute Gasteiger partial charge is 0.480 e. The molecule has 0 spiro atoms. The fourth-order valence-corrected chi connectivity index (χ4v) is 2.27. The fourth-order valence-electron chi connectivity index (χ4n) is 2.27. The lowest BCUT2D eigenvalue weighted by atomic mass is 10.2. The van der Waals surface area contributed by atoms with Crippen molar-refractivity contribution in [1.82, 2.24) is 10.2 Å². The maximum absolute atomic E-state index is 11.8. The van der Waals surface area contributed by atoms with Gasteiger partial charge in [-0.1, -0.05) is 6.92 Å². The molecule has 0 aromatic rings. The predicted octanol–water partition coefficient (Wildman–Crippen LogP) is 0.901. The summed E-state index contributed by atoms with van der Waals surface area (Å²) in [6.07, 6.45) is 2.52. The summed E-state index contributed by atoms with van der Waals surface area (Å²) in [5.74, 6) is 0.399. The minimum atomic E-state index is -0.896. The predicted molar refractivity (Wildman–Crippen MR) is 58.0 cm³/mol. The van der Waals surface area contributed by atoms with Crippen LogP contribution < -0.4 is 5.32 Å². The summed E-state index contributed by atoms with van der Waals surface area (Å²) in [4.78, 5) is 24.1. The van der Waals surface area contributed by atoms with E-state index in [1.54, 1.807) is 0 Å². The molecule has 1 saturated carbocycles. The highest BCUT2D eigenvalue weighted by molar-refractivity contribution is 5.83. The third-order valence-electron chi connectivity index (χ3n) is 3.59. The number of carbonyl (C=O) groups is 2. The molecule has 2 fully saturated rings. The normalized spacial score (nSPS) is 32.6. The highest BCUT2D eigenvalue weighted by atomic mass is 16.4. The number of carboxylic acid groups (broad SMARTS) is 1. The summed E-state index contributed by atoms with van der Waals surface area (Å²) in [7, 11) is 0. The summed E-state index contributed by atoms with van der Waals surface area (Å²) < 4.78 is 0. The van der Waals surface area contributed by atoms with Crippen molar-refractivity contribution in [3.8, 4) is 0 Å². The lowest BCUT2D eigenvalue weighted by Crippen LogP contribution is -2.46. The number of carboxylic acids is 1. The SMILES string of the molecule is CC1CC1CNC(=O)N1CCC[C@@H]1C(=O)O. The second-order valence-electron chi connectivity index (χ2n) is 4.85. The molecule has 2 N–H and O–H groups in total. The molecule has 5 heteroatoms. The first-order chi connectivity index (χ1) is 7.59. The van der Waals surface area contributed by atoms with Gasteiger partial charge in [0.15, 0.2) is 0 Å². The van der Waals surface area contributed by atoms with Gasteiger partial charge in [0.2, 0.25) is 0 Å². The van der Waals surface area contributed by atoms with Gasteiger partial charge in [0.25, 0.3) is 0 Å². The van der Waals surface area contributed by atoms with Gasteiger partial charge in [-0.3, -0.25) is 0 Å². The Bertz CT molecular complexity index is 306. The van der Waals surface area contributed by atoms with Crippen LogP contribution in [0, 0.1) is 11.8 Å². The van der Waals surface area contributed by atoms with Crippen LogP contribution in [0.2, 0.25) is 0 Å². The second kappa shape index (κ2) is 4.31. The third-order valence-corrected chi connectivity index (χ3v) is 3.59. The van der Waals surface area contributed by atoms with Crippen LogP contribution in [0.25, 0.3) is 0 Å². The van der Waals surface area contributed by atoms with E-state index >= 15 is 0 Å². The summed E-state index contributed by atoms with van der Waals surface area (Å²) in [5, 5.41) is 11.8. The zero-order valence-electron chi connectivity index (χ0n) is 9.48. The van der Waals surface area contributed by atoms with Crippen LogP contribution in [0.5, 0.6) is 0 Å². The van der Waals surface area contributed by atoms with Crippen molar-refractivity contribution in [2.45, 2.75) is 32.2 Å². The van der Waals surface area contributed by atoms with Crippen LogP contribution >= 0.6 is 0 Å². The van der Waals surface area contributed by atoms with Crippen LogP contribution in [0.3, 0.4) is 0 Å². The molecule has 1 aliphatic heterocycles. The van der Waals surface area contributed by atoms with Gasteiger partial charge in [-0.25, -0.2) is 9.59 Å². The van der Waals surface area contributed by atoms with Crippen molar-refractivity contribution < 1.29 is 14.7 Å². The van der Waals surface area contributed by atoms with Crippen LogP contribution in [-0.2, 0) is 4.79 Å². The molecule has 0 aromatic carbocycles. The average molecular weight is 226 g/mol. The van der Waals surface area contributed by atoms with E-state index in [-0.39, 0.29) is 6.03 Å². The molecule has 0 bridgehead atoms. The van der Waals surface area contributed by atoms with Crippen molar-refractivity contribution >= 4 is 12.0 Å². The molecule has 1 aliphatic carbocycles. The molecule has 3 atom stereocenters. The van der Waals surface area contributed by atoms with Crippen molar-refractivity contribution in [1.29, 1.82) is 0 Å². The van der Waals surface area contributed by atoms with Gasteiger partial charge in [-0.15, -0.1) is 0 Å². The van der Waals surface area contributed by atoms with Gasteiger partial charge in [0, 0.05) is 13.1 Å². The molecule has 1 heterocycles. The quantitative estimate of drug-likeness (QED) is 0.751. The summed E-state index contributed by atoms with van der Waals surface area (Å²) >= 11 is 0. The van der Waals surface area contributed by atoms with E-state index in [0.717, 1.165) is 6.42 Å². The van der Waals surface area contributed by atoms with Crippen LogP contribution in [0.1, 0.15) is 26.2 Å². The monoisotopic (exact) mass is 226 g/mol. The maximum Gasteiger partial charge on any atom is 0.326 e. The fraction of sp³-hybridized carbons (Fsp3) is 0.818. The van der Waals surface area contributed by atoms with Crippen LogP contribution in [0.4, 0.5) is 4.79 Å². The Balaban J connectivity index is 1.81. The number of hydrogen-bond acceptors (Lipinski definition) is 2. The summed E-state index contributed by atoms with van der Waals surface area (Å²) in [6.45, 7) is 3.40. The van der Waals surface area contributed by atoms with Crippen molar-refractivity contribution in [3.05, 3.63) is 0 Å². The molecule has 2 amide bonds. The van der Waals surface area contributed by atoms with E-state index in [0.29, 0.717) is 31.3 Å². The number of hydrogen-bond donors (Lipinski definition) is 2. The van der Waals surface area contributed by atoms with E-state index in [2.05, 4.69) is 12.2 Å². The van der Waals surface area contributed by atoms with E-state index in [9.17, 15) is 9.59 Å². The molecule has 2 rings (SSSR count). The van der Waals surface area contributed by atoms with E-state index < -0.39 is 12.0 Å². The zero-order chi connectivity index (χ0) is 11.7. The Hall–Kier alpha value is -1.26. The minimum absolute atomic E-state index is 0.219. The average Bonchev–Trinajstić information content (AvgIpc) is 2.78. The van der Waals surface area contributed by atoms with Gasteiger partial charge < -0.3 is 15.3 Å². The summed E-state index contributed by atoms with van der Waals surface area (Å²) in [5.41, 5.74) is 0. The first-order valence-corrected chi connectivity index (χ1v) is 5.87. The first kappa shape index (κ1) is 11.2. The van der Waals surface area contributed by atoms with E-state index in [1.165, 1.54) is 11.3 Å². The minimum Gasteiger partial charge on any atom is -0.480 e. The molecule has 0 aromatic heterocycles. The smallest absolute Gasteiger partial charge is 0.326 e. The Morgan fingerprint density at radius 1 is 1.50 bits per heavy atom. The van der Waals surface area contributed by atoms with E-state index in [4.69, 9.17) is 5.11 Å². The second-order valence-corrected chi connectivity index (χ2v) is 4.85. The number of nitrogens with zero attached hydrogens (tertiary/aromatic N) is 1. The number of amides is 2. The Morgan fingerprint density at radius 3 is 2.75 bits per heavy atom. The lowest BCUT2D eigenvalue weighted by Gasteiger charge is -2.21. The van der Waals surface area contributed by atoms with Gasteiger partial charge in [0.1, 0.15) is 6.04 Å². The molecule has 1 saturated heterocycles. The van der Waals surface area contributed by atoms with Crippen molar-refractivity contribution in [2.24, 2.45) is 11.8 Å². The molecule has 0 radical (unpaired) electrons. The Morgan fingerprint density at radius 2 is 2.19 bits per heavy atom. The highest BCUT2D eigenvalue weighted by Gasteiger charge is 2.36. The third kappa shape index (κ3) is 2.28. The maximum atomic E-state index is 11.8. The molecule has 2 aliphatic rings. The molecule has 16 heavy (non-hydrogen) atoms. The standard InChI is InChI=1S/C11H18N2O3/c1-7-5-8(7)6-12-11(16)13-4-2-3-9(13)10(14)15/h7-9H,2-6H2,1H3,(H,12,16)(H,14,15)/t7?,8?,9-/m1/s1. The highest BCUT2D eigenvalue weighted by Crippen LogP contribution is 2.36. The molecule has 5 nitrogen and oxygen atoms in total. The Kier molecular flexibility index (Phi) is 3.03. The number of urea groups is 1. The molecular formula is C11H18N2O3. The van der Waals surface area contributed by atoms with E-state index in [1.807, 2.05) is 0 Å². The van der Waals surface area contributed by atoms with Gasteiger partial charge in [0.05, 0.1) is 0 Å². The topological polar surface area (TPSA) is 69.6 Å². The zero-order valence-corrected chi connectivity index (χ0v) is 9.48. The molecular weight excluding hydrogens is 208 g/mol. The number of rotatable bonds is 3. The lowest BCUT2D eigenvalue weighted by molar-refractivity contribution is -0.141. The van der Waals surface area contributed by atoms with Crippen molar-refractivity contribution in [2.75, 3.05) is 13.1 Å². The van der Waals surface area contributed by atoms with Gasteiger partial charge in [-0.05, 0) is 31.1 Å². The molecule has 2 unspecified atom stereocenters. The Labute approximate surface area is 94.8 Å². The van der Waals surface area contributed by atoms with Crippen molar-refractivity contribution in [3.63, 3.8) is 0 Å². The number of carbonyl (C=O) groups excluding carboxylic acids is 1. The van der Waals surface area contributed by atoms with Gasteiger partial charge in [-0.2, -0.15) is 0 Å². The van der Waals surface area contributed by atoms with Gasteiger partial charge >= 0.3 is 12.0 Å². The first-order valence-electron chi connectivity index (χ1n) is 5.87. The van der Waals surface area contributed by atoms with Crippen LogP contribution in [-0.4, -0.2) is 41.1 Å². The summed E-state index contributed by atoms with van der Waals surface area (Å²) in [6, 6.07) is -0.847. The number of likely N-dealkylation sites (tertiary alicyclic amines) is 1. The molecule has 90 valence electrons. The van der Waals surface area contributed by atoms with Crippen LogP contribution in [0.15, 0.2) is 0 Å². The number of aliphatic carboxylic acids is 1.